The Morgan fingerprint density at radius 1 is 1.42 bits per heavy atom. The number of aliphatic hydroxyl groups is 1. The van der Waals surface area contributed by atoms with Gasteiger partial charge in [0.15, 0.2) is 0 Å². The Bertz CT molecular complexity index is 396. The molecule has 2 rings (SSSR count). The second-order valence-corrected chi connectivity index (χ2v) is 5.14. The lowest BCUT2D eigenvalue weighted by Crippen LogP contribution is -2.32. The van der Waals surface area contributed by atoms with Crippen molar-refractivity contribution in [1.82, 2.24) is 14.9 Å². The smallest absolute Gasteiger partial charge is 0.224 e. The number of nitrogens with zero attached hydrogens (tertiary/aromatic N) is 4. The zero-order valence-corrected chi connectivity index (χ0v) is 11.8. The van der Waals surface area contributed by atoms with Gasteiger partial charge in [-0.25, -0.2) is 9.97 Å². The van der Waals surface area contributed by atoms with E-state index in [9.17, 15) is 5.11 Å². The second-order valence-electron chi connectivity index (χ2n) is 5.14. The maximum Gasteiger partial charge on any atom is 0.224 e. The summed E-state index contributed by atoms with van der Waals surface area (Å²) in [5.41, 5.74) is 1.06. The topological polar surface area (TPSA) is 61.7 Å². The van der Waals surface area contributed by atoms with E-state index in [0.717, 1.165) is 25.1 Å². The predicted octanol–water partition coefficient (Wildman–Crippen LogP) is 0.124. The van der Waals surface area contributed by atoms with E-state index < -0.39 is 0 Å². The first-order chi connectivity index (χ1) is 9.13. The van der Waals surface area contributed by atoms with Crippen molar-refractivity contribution in [3.63, 3.8) is 0 Å². The molecule has 1 aromatic rings. The van der Waals surface area contributed by atoms with E-state index in [0.29, 0.717) is 5.95 Å². The van der Waals surface area contributed by atoms with E-state index in [-0.39, 0.29) is 18.8 Å². The van der Waals surface area contributed by atoms with Crippen LogP contribution in [0.15, 0.2) is 12.4 Å². The van der Waals surface area contributed by atoms with Crippen LogP contribution in [-0.2, 0) is 11.3 Å². The minimum Gasteiger partial charge on any atom is -0.395 e. The molecule has 2 atom stereocenters. The fraction of sp³-hybridized carbons (Fsp3) is 0.692. The van der Waals surface area contributed by atoms with Crippen LogP contribution in [0.25, 0.3) is 0 Å². The molecule has 0 aliphatic carbocycles. The molecule has 1 aromatic heterocycles. The summed E-state index contributed by atoms with van der Waals surface area (Å²) in [7, 11) is 5.55. The van der Waals surface area contributed by atoms with Crippen molar-refractivity contribution in [1.29, 1.82) is 0 Å². The van der Waals surface area contributed by atoms with Gasteiger partial charge in [-0.2, -0.15) is 0 Å². The highest BCUT2D eigenvalue weighted by Gasteiger charge is 2.31. The third-order valence-corrected chi connectivity index (χ3v) is 3.51. The van der Waals surface area contributed by atoms with Gasteiger partial charge in [0, 0.05) is 58.3 Å². The van der Waals surface area contributed by atoms with Crippen molar-refractivity contribution in [2.24, 2.45) is 0 Å². The Morgan fingerprint density at radius 3 is 2.63 bits per heavy atom. The Morgan fingerprint density at radius 2 is 2.11 bits per heavy atom. The van der Waals surface area contributed by atoms with Gasteiger partial charge in [-0.15, -0.1) is 0 Å². The van der Waals surface area contributed by atoms with Gasteiger partial charge < -0.3 is 14.7 Å². The van der Waals surface area contributed by atoms with Crippen molar-refractivity contribution in [2.75, 3.05) is 39.3 Å². The lowest BCUT2D eigenvalue weighted by Gasteiger charge is -2.22. The molecule has 1 fully saturated rings. The predicted molar refractivity (Wildman–Crippen MR) is 73.1 cm³/mol. The maximum atomic E-state index is 9.41. The third-order valence-electron chi connectivity index (χ3n) is 3.51. The molecule has 0 radical (unpaired) electrons. The second kappa shape index (κ2) is 6.27. The van der Waals surface area contributed by atoms with Gasteiger partial charge in [-0.1, -0.05) is 0 Å². The zero-order chi connectivity index (χ0) is 13.8. The number of aromatic nitrogens is 2. The molecular weight excluding hydrogens is 244 g/mol. The van der Waals surface area contributed by atoms with E-state index in [1.165, 1.54) is 0 Å². The van der Waals surface area contributed by atoms with Crippen molar-refractivity contribution in [2.45, 2.75) is 25.1 Å². The van der Waals surface area contributed by atoms with Gasteiger partial charge >= 0.3 is 0 Å². The largest absolute Gasteiger partial charge is 0.395 e. The Kier molecular flexibility index (Phi) is 4.68. The molecule has 0 amide bonds. The summed E-state index contributed by atoms with van der Waals surface area (Å²) in [6.07, 6.45) is 4.77. The number of hydrogen-bond donors (Lipinski definition) is 1. The van der Waals surface area contributed by atoms with Gasteiger partial charge in [0.1, 0.15) is 0 Å². The van der Waals surface area contributed by atoms with Crippen LogP contribution in [0.4, 0.5) is 5.95 Å². The van der Waals surface area contributed by atoms with Gasteiger partial charge in [0.2, 0.25) is 5.95 Å². The SMILES string of the molecule is CO[C@@H]1C[C@@H](CO)N(Cc2cnc(N(C)C)nc2)C1. The molecule has 2 heterocycles. The highest BCUT2D eigenvalue weighted by molar-refractivity contribution is 5.26. The molecule has 0 aromatic carbocycles. The Balaban J connectivity index is 2.00. The third kappa shape index (κ3) is 3.40. The molecule has 1 aliphatic heterocycles. The summed E-state index contributed by atoms with van der Waals surface area (Å²) in [6, 6.07) is 0.165. The number of methoxy groups -OCH3 is 1. The normalized spacial score (nSPS) is 23.8. The average molecular weight is 266 g/mol. The van der Waals surface area contributed by atoms with Crippen LogP contribution < -0.4 is 4.90 Å². The molecule has 6 heteroatoms. The average Bonchev–Trinajstić information content (AvgIpc) is 2.81. The van der Waals surface area contributed by atoms with Crippen LogP contribution in [0, 0.1) is 0 Å². The molecule has 1 aliphatic rings. The Labute approximate surface area is 114 Å². The number of hydrogen-bond acceptors (Lipinski definition) is 6. The summed E-state index contributed by atoms with van der Waals surface area (Å²) in [6.45, 7) is 1.76. The van der Waals surface area contributed by atoms with E-state index in [1.54, 1.807) is 7.11 Å². The molecule has 19 heavy (non-hydrogen) atoms. The highest BCUT2D eigenvalue weighted by Crippen LogP contribution is 2.21. The first-order valence-corrected chi connectivity index (χ1v) is 6.50. The minimum absolute atomic E-state index is 0.163. The summed E-state index contributed by atoms with van der Waals surface area (Å²) in [5.74, 6) is 0.707. The first-order valence-electron chi connectivity index (χ1n) is 6.50. The lowest BCUT2D eigenvalue weighted by molar-refractivity contribution is 0.107. The van der Waals surface area contributed by atoms with Crippen molar-refractivity contribution in [3.8, 4) is 0 Å². The molecule has 0 bridgehead atoms. The zero-order valence-electron chi connectivity index (χ0n) is 11.8. The number of rotatable bonds is 5. The van der Waals surface area contributed by atoms with Crippen LogP contribution >= 0.6 is 0 Å². The van der Waals surface area contributed by atoms with Gasteiger partial charge in [0.25, 0.3) is 0 Å². The molecule has 106 valence electrons. The monoisotopic (exact) mass is 266 g/mol. The summed E-state index contributed by atoms with van der Waals surface area (Å²) >= 11 is 0. The van der Waals surface area contributed by atoms with Crippen molar-refractivity contribution >= 4 is 5.95 Å². The molecule has 1 N–H and O–H groups in total. The lowest BCUT2D eigenvalue weighted by atomic mass is 10.2. The van der Waals surface area contributed by atoms with Crippen molar-refractivity contribution in [3.05, 3.63) is 18.0 Å². The van der Waals surface area contributed by atoms with Crippen molar-refractivity contribution < 1.29 is 9.84 Å². The highest BCUT2D eigenvalue weighted by atomic mass is 16.5. The minimum atomic E-state index is 0.163. The van der Waals surface area contributed by atoms with Crippen LogP contribution in [0.2, 0.25) is 0 Å². The number of anilines is 1. The summed E-state index contributed by atoms with van der Waals surface area (Å²) in [5, 5.41) is 9.41. The van der Waals surface area contributed by atoms with E-state index in [1.807, 2.05) is 31.4 Å². The van der Waals surface area contributed by atoms with Crippen LogP contribution in [0.1, 0.15) is 12.0 Å². The number of likely N-dealkylation sites (tertiary alicyclic amines) is 1. The summed E-state index contributed by atoms with van der Waals surface area (Å²) < 4.78 is 5.37. The van der Waals surface area contributed by atoms with Crippen LogP contribution in [-0.4, -0.2) is 66.5 Å². The Hall–Kier alpha value is -1.24. The molecular formula is C13H22N4O2. The molecule has 6 nitrogen and oxygen atoms in total. The number of aliphatic hydroxyl groups excluding tert-OH is 1. The van der Waals surface area contributed by atoms with E-state index in [2.05, 4.69) is 14.9 Å². The van der Waals surface area contributed by atoms with Gasteiger partial charge in [-0.3, -0.25) is 4.90 Å². The number of ether oxygens (including phenoxy) is 1. The van der Waals surface area contributed by atoms with Gasteiger partial charge in [0.05, 0.1) is 12.7 Å². The standard InChI is InChI=1S/C13H22N4O2/c1-16(2)13-14-5-10(6-15-13)7-17-8-12(19-3)4-11(17)9-18/h5-6,11-12,18H,4,7-9H2,1-3H3/t11-,12+/m0/s1. The molecule has 0 unspecified atom stereocenters. The van der Waals surface area contributed by atoms with E-state index >= 15 is 0 Å². The fourth-order valence-electron chi connectivity index (χ4n) is 2.39. The van der Waals surface area contributed by atoms with Crippen LogP contribution in [0.3, 0.4) is 0 Å². The fourth-order valence-corrected chi connectivity index (χ4v) is 2.39. The molecule has 0 saturated carbocycles. The summed E-state index contributed by atoms with van der Waals surface area (Å²) in [4.78, 5) is 12.7. The molecule has 0 spiro atoms. The van der Waals surface area contributed by atoms with Gasteiger partial charge in [-0.05, 0) is 6.42 Å². The first kappa shape index (κ1) is 14.2. The van der Waals surface area contributed by atoms with E-state index in [4.69, 9.17) is 4.74 Å². The quantitative estimate of drug-likeness (QED) is 0.817. The maximum absolute atomic E-state index is 9.41. The van der Waals surface area contributed by atoms with Crippen LogP contribution in [0.5, 0.6) is 0 Å². The molecule has 1 saturated heterocycles.